The SMILES string of the molecule is O=C(O)c1ccc(N2CCC(NCCc3ccc(F)cc3)CC2)cc1. The third-order valence-corrected chi connectivity index (χ3v) is 4.73. The fourth-order valence-electron chi connectivity index (χ4n) is 3.23. The molecule has 3 rings (SSSR count). The second-order valence-electron chi connectivity index (χ2n) is 6.44. The van der Waals surface area contributed by atoms with Gasteiger partial charge in [0, 0.05) is 24.8 Å². The number of halogens is 1. The van der Waals surface area contributed by atoms with Crippen molar-refractivity contribution in [1.29, 1.82) is 0 Å². The molecule has 0 spiro atoms. The van der Waals surface area contributed by atoms with Crippen LogP contribution in [-0.2, 0) is 6.42 Å². The summed E-state index contributed by atoms with van der Waals surface area (Å²) >= 11 is 0. The highest BCUT2D eigenvalue weighted by atomic mass is 19.1. The second kappa shape index (κ2) is 8.12. The smallest absolute Gasteiger partial charge is 0.335 e. The molecule has 1 saturated heterocycles. The van der Waals surface area contributed by atoms with Crippen molar-refractivity contribution in [3.8, 4) is 0 Å². The van der Waals surface area contributed by atoms with E-state index in [-0.39, 0.29) is 5.82 Å². The zero-order valence-electron chi connectivity index (χ0n) is 14.1. The molecule has 1 heterocycles. The lowest BCUT2D eigenvalue weighted by molar-refractivity contribution is 0.0697. The highest BCUT2D eigenvalue weighted by Gasteiger charge is 2.19. The largest absolute Gasteiger partial charge is 0.478 e. The molecule has 0 amide bonds. The van der Waals surface area contributed by atoms with E-state index < -0.39 is 5.97 Å². The van der Waals surface area contributed by atoms with Crippen LogP contribution in [0.25, 0.3) is 0 Å². The van der Waals surface area contributed by atoms with E-state index in [1.807, 2.05) is 24.3 Å². The predicted molar refractivity (Wildman–Crippen MR) is 96.7 cm³/mol. The van der Waals surface area contributed by atoms with Crippen LogP contribution in [0.15, 0.2) is 48.5 Å². The number of anilines is 1. The first-order valence-corrected chi connectivity index (χ1v) is 8.68. The van der Waals surface area contributed by atoms with Crippen molar-refractivity contribution in [2.75, 3.05) is 24.5 Å². The van der Waals surface area contributed by atoms with Gasteiger partial charge in [0.05, 0.1) is 5.56 Å². The van der Waals surface area contributed by atoms with Crippen molar-refractivity contribution in [2.45, 2.75) is 25.3 Å². The maximum atomic E-state index is 12.9. The minimum Gasteiger partial charge on any atom is -0.478 e. The van der Waals surface area contributed by atoms with E-state index in [1.54, 1.807) is 12.1 Å². The number of benzene rings is 2. The monoisotopic (exact) mass is 342 g/mol. The molecular weight excluding hydrogens is 319 g/mol. The van der Waals surface area contributed by atoms with Crippen LogP contribution in [-0.4, -0.2) is 36.8 Å². The van der Waals surface area contributed by atoms with Gasteiger partial charge >= 0.3 is 5.97 Å². The number of aromatic carboxylic acids is 1. The number of nitrogens with zero attached hydrogens (tertiary/aromatic N) is 1. The summed E-state index contributed by atoms with van der Waals surface area (Å²) in [5.41, 5.74) is 2.54. The van der Waals surface area contributed by atoms with Gasteiger partial charge in [0.15, 0.2) is 0 Å². The summed E-state index contributed by atoms with van der Waals surface area (Å²) in [7, 11) is 0. The van der Waals surface area contributed by atoms with Crippen molar-refractivity contribution in [3.05, 3.63) is 65.5 Å². The third kappa shape index (κ3) is 4.79. The Kier molecular flexibility index (Phi) is 5.66. The molecule has 1 aliphatic rings. The number of carboxylic acids is 1. The molecule has 0 saturated carbocycles. The van der Waals surface area contributed by atoms with E-state index in [0.29, 0.717) is 11.6 Å². The number of carbonyl (C=O) groups is 1. The van der Waals surface area contributed by atoms with Crippen LogP contribution in [0.2, 0.25) is 0 Å². The van der Waals surface area contributed by atoms with Gasteiger partial charge in [-0.1, -0.05) is 12.1 Å². The minimum absolute atomic E-state index is 0.194. The van der Waals surface area contributed by atoms with Gasteiger partial charge in [-0.25, -0.2) is 9.18 Å². The van der Waals surface area contributed by atoms with Crippen molar-refractivity contribution in [2.24, 2.45) is 0 Å². The third-order valence-electron chi connectivity index (χ3n) is 4.73. The fourth-order valence-corrected chi connectivity index (χ4v) is 3.23. The van der Waals surface area contributed by atoms with Gasteiger partial charge in [-0.3, -0.25) is 0 Å². The first-order valence-electron chi connectivity index (χ1n) is 8.68. The highest BCUT2D eigenvalue weighted by molar-refractivity contribution is 5.88. The van der Waals surface area contributed by atoms with E-state index in [2.05, 4.69) is 10.2 Å². The molecule has 0 radical (unpaired) electrons. The lowest BCUT2D eigenvalue weighted by Gasteiger charge is -2.34. The number of piperidine rings is 1. The molecule has 0 atom stereocenters. The van der Waals surface area contributed by atoms with Crippen LogP contribution in [0.4, 0.5) is 10.1 Å². The van der Waals surface area contributed by atoms with E-state index in [4.69, 9.17) is 5.11 Å². The number of hydrogen-bond donors (Lipinski definition) is 2. The first-order chi connectivity index (χ1) is 12.1. The van der Waals surface area contributed by atoms with E-state index in [1.165, 1.54) is 12.1 Å². The van der Waals surface area contributed by atoms with Crippen molar-refractivity contribution in [1.82, 2.24) is 5.32 Å². The Labute approximate surface area is 147 Å². The van der Waals surface area contributed by atoms with Crippen molar-refractivity contribution < 1.29 is 14.3 Å². The predicted octanol–water partition coefficient (Wildman–Crippen LogP) is 3.33. The molecule has 25 heavy (non-hydrogen) atoms. The van der Waals surface area contributed by atoms with Crippen LogP contribution in [0.5, 0.6) is 0 Å². The van der Waals surface area contributed by atoms with E-state index >= 15 is 0 Å². The average Bonchev–Trinajstić information content (AvgIpc) is 2.64. The van der Waals surface area contributed by atoms with Gasteiger partial charge < -0.3 is 15.3 Å². The van der Waals surface area contributed by atoms with Gasteiger partial charge in [-0.2, -0.15) is 0 Å². The van der Waals surface area contributed by atoms with Crippen LogP contribution in [0, 0.1) is 5.82 Å². The van der Waals surface area contributed by atoms with Gasteiger partial charge in [-0.15, -0.1) is 0 Å². The average molecular weight is 342 g/mol. The first kappa shape index (κ1) is 17.4. The molecule has 1 fully saturated rings. The Morgan fingerprint density at radius 1 is 1.08 bits per heavy atom. The van der Waals surface area contributed by atoms with Crippen LogP contribution in [0.1, 0.15) is 28.8 Å². The molecule has 0 unspecified atom stereocenters. The molecule has 132 valence electrons. The molecule has 0 aromatic heterocycles. The summed E-state index contributed by atoms with van der Waals surface area (Å²) in [6, 6.07) is 14.2. The van der Waals surface area contributed by atoms with Crippen LogP contribution in [0.3, 0.4) is 0 Å². The Balaban J connectivity index is 1.42. The summed E-state index contributed by atoms with van der Waals surface area (Å²) < 4.78 is 12.9. The standard InChI is InChI=1S/C20H23FN2O2/c21-17-5-1-15(2-6-17)9-12-22-18-10-13-23(14-11-18)19-7-3-16(4-8-19)20(24)25/h1-8,18,22H,9-14H2,(H,24,25). The molecule has 5 heteroatoms. The van der Waals surface area contributed by atoms with Gasteiger partial charge in [-0.05, 0) is 67.8 Å². The number of rotatable bonds is 6. The zero-order valence-corrected chi connectivity index (χ0v) is 14.1. The Morgan fingerprint density at radius 2 is 1.72 bits per heavy atom. The number of hydrogen-bond acceptors (Lipinski definition) is 3. The lowest BCUT2D eigenvalue weighted by Crippen LogP contribution is -2.43. The molecule has 4 nitrogen and oxygen atoms in total. The molecule has 0 bridgehead atoms. The molecule has 0 aliphatic carbocycles. The van der Waals surface area contributed by atoms with Gasteiger partial charge in [0.2, 0.25) is 0 Å². The van der Waals surface area contributed by atoms with E-state index in [0.717, 1.165) is 50.1 Å². The maximum absolute atomic E-state index is 12.9. The molecule has 2 N–H and O–H groups in total. The summed E-state index contributed by atoms with van der Waals surface area (Å²) in [5.74, 6) is -1.09. The fraction of sp³-hybridized carbons (Fsp3) is 0.350. The van der Waals surface area contributed by atoms with Gasteiger partial charge in [0.1, 0.15) is 5.82 Å². The Bertz CT molecular complexity index is 693. The van der Waals surface area contributed by atoms with Crippen molar-refractivity contribution >= 4 is 11.7 Å². The van der Waals surface area contributed by atoms with Crippen molar-refractivity contribution in [3.63, 3.8) is 0 Å². The summed E-state index contributed by atoms with van der Waals surface area (Å²) in [4.78, 5) is 13.2. The quantitative estimate of drug-likeness (QED) is 0.845. The topological polar surface area (TPSA) is 52.6 Å². The Morgan fingerprint density at radius 3 is 2.32 bits per heavy atom. The molecule has 2 aromatic rings. The molecular formula is C20H23FN2O2. The molecule has 2 aromatic carbocycles. The normalized spacial score (nSPS) is 15.3. The Hall–Kier alpha value is -2.40. The van der Waals surface area contributed by atoms with Gasteiger partial charge in [0.25, 0.3) is 0 Å². The van der Waals surface area contributed by atoms with Crippen LogP contribution < -0.4 is 10.2 Å². The number of nitrogens with one attached hydrogen (secondary N) is 1. The molecule has 1 aliphatic heterocycles. The lowest BCUT2D eigenvalue weighted by atomic mass is 10.0. The highest BCUT2D eigenvalue weighted by Crippen LogP contribution is 2.20. The second-order valence-corrected chi connectivity index (χ2v) is 6.44. The minimum atomic E-state index is -0.893. The maximum Gasteiger partial charge on any atom is 0.335 e. The summed E-state index contributed by atoms with van der Waals surface area (Å²) in [6.07, 6.45) is 3.02. The van der Waals surface area contributed by atoms with E-state index in [9.17, 15) is 9.18 Å². The zero-order chi connectivity index (χ0) is 17.6. The number of carboxylic acid groups (broad SMARTS) is 1. The summed E-state index contributed by atoms with van der Waals surface area (Å²) in [5, 5.41) is 12.5. The summed E-state index contributed by atoms with van der Waals surface area (Å²) in [6.45, 7) is 2.81. The van der Waals surface area contributed by atoms with Crippen LogP contribution >= 0.6 is 0 Å².